The SMILES string of the molecule is CSc1ccccc1-c1nnc(SCCCO)n1N. The average Bonchev–Trinajstić information content (AvgIpc) is 2.80. The molecule has 0 saturated heterocycles. The van der Waals surface area contributed by atoms with Crippen LogP contribution in [0.1, 0.15) is 6.42 Å². The molecule has 5 nitrogen and oxygen atoms in total. The van der Waals surface area contributed by atoms with Gasteiger partial charge < -0.3 is 10.9 Å². The molecular formula is C12H16N4OS2. The Morgan fingerprint density at radius 1 is 1.32 bits per heavy atom. The minimum Gasteiger partial charge on any atom is -0.396 e. The molecule has 0 radical (unpaired) electrons. The first kappa shape index (κ1) is 14.2. The number of aromatic nitrogens is 3. The summed E-state index contributed by atoms with van der Waals surface area (Å²) in [6, 6.07) is 7.97. The molecule has 0 saturated carbocycles. The number of nitrogen functional groups attached to an aromatic ring is 1. The highest BCUT2D eigenvalue weighted by Crippen LogP contribution is 2.29. The van der Waals surface area contributed by atoms with Crippen LogP contribution in [0.5, 0.6) is 0 Å². The number of aliphatic hydroxyl groups excluding tert-OH is 1. The number of nitrogens with two attached hydrogens (primary N) is 1. The zero-order valence-corrected chi connectivity index (χ0v) is 12.2. The maximum absolute atomic E-state index is 8.77. The minimum absolute atomic E-state index is 0.174. The lowest BCUT2D eigenvalue weighted by molar-refractivity contribution is 0.296. The highest BCUT2D eigenvalue weighted by atomic mass is 32.2. The molecule has 7 heteroatoms. The van der Waals surface area contributed by atoms with Gasteiger partial charge in [0.1, 0.15) is 0 Å². The zero-order valence-electron chi connectivity index (χ0n) is 10.6. The van der Waals surface area contributed by atoms with Gasteiger partial charge in [0.25, 0.3) is 0 Å². The molecule has 0 aliphatic carbocycles. The fraction of sp³-hybridized carbons (Fsp3) is 0.333. The van der Waals surface area contributed by atoms with Crippen LogP contribution in [0.15, 0.2) is 34.3 Å². The molecule has 2 aromatic rings. The quantitative estimate of drug-likeness (QED) is 0.481. The third kappa shape index (κ3) is 3.23. The Bertz CT molecular complexity index is 544. The van der Waals surface area contributed by atoms with E-state index in [0.717, 1.165) is 16.2 Å². The molecule has 2 rings (SSSR count). The highest BCUT2D eigenvalue weighted by Gasteiger charge is 2.14. The van der Waals surface area contributed by atoms with Gasteiger partial charge in [0.05, 0.1) is 0 Å². The predicted octanol–water partition coefficient (Wildman–Crippen LogP) is 1.86. The van der Waals surface area contributed by atoms with Crippen molar-refractivity contribution in [3.05, 3.63) is 24.3 Å². The number of benzene rings is 1. The molecule has 0 aliphatic heterocycles. The summed E-state index contributed by atoms with van der Waals surface area (Å²) in [5.41, 5.74) is 0.985. The normalized spacial score (nSPS) is 10.8. The van der Waals surface area contributed by atoms with Crippen molar-refractivity contribution in [3.63, 3.8) is 0 Å². The van der Waals surface area contributed by atoms with E-state index in [2.05, 4.69) is 10.2 Å². The summed E-state index contributed by atoms with van der Waals surface area (Å²) in [6.45, 7) is 0.174. The van der Waals surface area contributed by atoms with Gasteiger partial charge in [-0.1, -0.05) is 23.9 Å². The molecule has 3 N–H and O–H groups in total. The van der Waals surface area contributed by atoms with Crippen LogP contribution in [0, 0.1) is 0 Å². The largest absolute Gasteiger partial charge is 0.396 e. The van der Waals surface area contributed by atoms with Crippen LogP contribution >= 0.6 is 23.5 Å². The first-order valence-corrected chi connectivity index (χ1v) is 8.06. The molecule has 1 aromatic heterocycles. The molecule has 1 aromatic carbocycles. The summed E-state index contributed by atoms with van der Waals surface area (Å²) in [7, 11) is 0. The van der Waals surface area contributed by atoms with E-state index in [1.165, 1.54) is 16.4 Å². The van der Waals surface area contributed by atoms with Crippen LogP contribution in [0.4, 0.5) is 0 Å². The smallest absolute Gasteiger partial charge is 0.210 e. The second kappa shape index (κ2) is 6.83. The van der Waals surface area contributed by atoms with E-state index < -0.39 is 0 Å². The van der Waals surface area contributed by atoms with E-state index in [-0.39, 0.29) is 6.61 Å². The van der Waals surface area contributed by atoms with Crippen LogP contribution in [-0.4, -0.2) is 38.6 Å². The van der Waals surface area contributed by atoms with E-state index in [1.54, 1.807) is 11.8 Å². The van der Waals surface area contributed by atoms with Crippen LogP contribution in [0.3, 0.4) is 0 Å². The fourth-order valence-electron chi connectivity index (χ4n) is 1.62. The van der Waals surface area contributed by atoms with Gasteiger partial charge in [-0.2, -0.15) is 0 Å². The summed E-state index contributed by atoms with van der Waals surface area (Å²) in [6.07, 6.45) is 2.74. The van der Waals surface area contributed by atoms with Gasteiger partial charge >= 0.3 is 0 Å². The maximum atomic E-state index is 8.77. The van der Waals surface area contributed by atoms with Crippen molar-refractivity contribution in [1.29, 1.82) is 0 Å². The van der Waals surface area contributed by atoms with Crippen molar-refractivity contribution in [2.75, 3.05) is 24.5 Å². The zero-order chi connectivity index (χ0) is 13.7. The Labute approximate surface area is 120 Å². The van der Waals surface area contributed by atoms with Gasteiger partial charge in [-0.05, 0) is 24.8 Å². The second-order valence-corrected chi connectivity index (χ2v) is 5.71. The van der Waals surface area contributed by atoms with Crippen molar-refractivity contribution in [1.82, 2.24) is 14.9 Å². The average molecular weight is 296 g/mol. The monoisotopic (exact) mass is 296 g/mol. The van der Waals surface area contributed by atoms with E-state index >= 15 is 0 Å². The van der Waals surface area contributed by atoms with Crippen molar-refractivity contribution >= 4 is 23.5 Å². The summed E-state index contributed by atoms with van der Waals surface area (Å²) in [4.78, 5) is 1.12. The number of hydrogen-bond donors (Lipinski definition) is 2. The Morgan fingerprint density at radius 3 is 2.84 bits per heavy atom. The molecule has 19 heavy (non-hydrogen) atoms. The van der Waals surface area contributed by atoms with E-state index in [0.29, 0.717) is 17.4 Å². The summed E-state index contributed by atoms with van der Waals surface area (Å²) >= 11 is 3.15. The van der Waals surface area contributed by atoms with Crippen molar-refractivity contribution in [3.8, 4) is 11.4 Å². The van der Waals surface area contributed by atoms with Gasteiger partial charge in [0.15, 0.2) is 5.82 Å². The van der Waals surface area contributed by atoms with Crippen LogP contribution in [-0.2, 0) is 0 Å². The Morgan fingerprint density at radius 2 is 2.11 bits per heavy atom. The van der Waals surface area contributed by atoms with Gasteiger partial charge in [-0.3, -0.25) is 0 Å². The first-order valence-electron chi connectivity index (χ1n) is 5.85. The van der Waals surface area contributed by atoms with Gasteiger partial charge in [0, 0.05) is 22.8 Å². The maximum Gasteiger partial charge on any atom is 0.210 e. The lowest BCUT2D eigenvalue weighted by Gasteiger charge is -2.06. The van der Waals surface area contributed by atoms with Crippen molar-refractivity contribution < 1.29 is 5.11 Å². The van der Waals surface area contributed by atoms with Gasteiger partial charge in [-0.25, -0.2) is 4.68 Å². The minimum atomic E-state index is 0.174. The molecule has 0 unspecified atom stereocenters. The molecular weight excluding hydrogens is 280 g/mol. The second-order valence-electron chi connectivity index (χ2n) is 3.80. The Kier molecular flexibility index (Phi) is 5.12. The molecule has 0 spiro atoms. The molecule has 0 aliphatic rings. The van der Waals surface area contributed by atoms with Crippen molar-refractivity contribution in [2.45, 2.75) is 16.5 Å². The Hall–Kier alpha value is -1.18. The molecule has 0 bridgehead atoms. The predicted molar refractivity (Wildman–Crippen MR) is 79.8 cm³/mol. The number of thioether (sulfide) groups is 2. The van der Waals surface area contributed by atoms with E-state index in [4.69, 9.17) is 10.9 Å². The van der Waals surface area contributed by atoms with Gasteiger partial charge in [-0.15, -0.1) is 22.0 Å². The number of hydrogen-bond acceptors (Lipinski definition) is 6. The number of aliphatic hydroxyl groups is 1. The van der Waals surface area contributed by atoms with Crippen LogP contribution in [0.2, 0.25) is 0 Å². The summed E-state index contributed by atoms with van der Waals surface area (Å²) in [5, 5.41) is 17.7. The fourth-order valence-corrected chi connectivity index (χ4v) is 2.99. The molecule has 1 heterocycles. The molecule has 102 valence electrons. The summed E-state index contributed by atoms with van der Waals surface area (Å²) in [5.74, 6) is 7.48. The third-order valence-electron chi connectivity index (χ3n) is 2.55. The van der Waals surface area contributed by atoms with Crippen molar-refractivity contribution in [2.24, 2.45) is 0 Å². The molecule has 0 atom stereocenters. The Balaban J connectivity index is 2.26. The van der Waals surface area contributed by atoms with Gasteiger partial charge in [0.2, 0.25) is 5.16 Å². The number of rotatable bonds is 6. The summed E-state index contributed by atoms with van der Waals surface area (Å²) < 4.78 is 1.51. The van der Waals surface area contributed by atoms with E-state index in [1.807, 2.05) is 30.5 Å². The number of nitrogens with zero attached hydrogens (tertiary/aromatic N) is 3. The third-order valence-corrected chi connectivity index (χ3v) is 4.37. The molecule has 0 fully saturated rings. The lowest BCUT2D eigenvalue weighted by atomic mass is 10.2. The van der Waals surface area contributed by atoms with Crippen LogP contribution < -0.4 is 5.84 Å². The van der Waals surface area contributed by atoms with E-state index in [9.17, 15) is 0 Å². The standard InChI is InChI=1S/C12H16N4OS2/c1-18-10-6-3-2-5-9(10)11-14-15-12(16(11)13)19-8-4-7-17/h2-3,5-6,17H,4,7-8,13H2,1H3. The topological polar surface area (TPSA) is 77.0 Å². The molecule has 0 amide bonds. The first-order chi connectivity index (χ1) is 9.27. The highest BCUT2D eigenvalue weighted by molar-refractivity contribution is 7.99. The lowest BCUT2D eigenvalue weighted by Crippen LogP contribution is -2.12. The van der Waals surface area contributed by atoms with Crippen LogP contribution in [0.25, 0.3) is 11.4 Å².